The Hall–Kier alpha value is -2.36. The fraction of sp³-hybridized carbons (Fsp3) is 0.400. The van der Waals surface area contributed by atoms with Crippen molar-refractivity contribution >= 4 is 17.3 Å². The molecule has 2 heterocycles. The standard InChI is InChI=1S/C20H25N3O/c1-20(2,3)15-6-8-16(9-7-15)22-19(24)18-14-17(10-11-21-18)23-12-4-5-13-23/h6-11,14H,4-5,12-13H2,1-3H3,(H,22,24). The first-order valence-corrected chi connectivity index (χ1v) is 8.56. The highest BCUT2D eigenvalue weighted by molar-refractivity contribution is 6.03. The second-order valence-corrected chi connectivity index (χ2v) is 7.37. The van der Waals surface area contributed by atoms with Crippen LogP contribution in [0.3, 0.4) is 0 Å². The van der Waals surface area contributed by atoms with E-state index in [1.807, 2.05) is 24.3 Å². The van der Waals surface area contributed by atoms with Crippen molar-refractivity contribution in [3.63, 3.8) is 0 Å². The number of benzene rings is 1. The molecule has 0 aliphatic carbocycles. The normalized spacial score (nSPS) is 14.7. The van der Waals surface area contributed by atoms with E-state index in [-0.39, 0.29) is 11.3 Å². The quantitative estimate of drug-likeness (QED) is 0.919. The Bertz CT molecular complexity index is 710. The molecule has 1 aliphatic heterocycles. The van der Waals surface area contributed by atoms with E-state index in [0.717, 1.165) is 24.5 Å². The molecular formula is C20H25N3O. The van der Waals surface area contributed by atoms with Crippen LogP contribution in [-0.2, 0) is 5.41 Å². The first kappa shape index (κ1) is 16.5. The van der Waals surface area contributed by atoms with E-state index in [1.165, 1.54) is 18.4 Å². The Labute approximate surface area is 143 Å². The Morgan fingerprint density at radius 2 is 1.75 bits per heavy atom. The van der Waals surface area contributed by atoms with E-state index < -0.39 is 0 Å². The van der Waals surface area contributed by atoms with E-state index >= 15 is 0 Å². The maximum Gasteiger partial charge on any atom is 0.274 e. The number of carbonyl (C=O) groups is 1. The summed E-state index contributed by atoms with van der Waals surface area (Å²) in [5.41, 5.74) is 3.68. The van der Waals surface area contributed by atoms with Gasteiger partial charge in [0.1, 0.15) is 5.69 Å². The van der Waals surface area contributed by atoms with Gasteiger partial charge in [0.15, 0.2) is 0 Å². The van der Waals surface area contributed by atoms with Crippen LogP contribution in [0.5, 0.6) is 0 Å². The fourth-order valence-electron chi connectivity index (χ4n) is 2.96. The van der Waals surface area contributed by atoms with Gasteiger partial charge in [-0.25, -0.2) is 0 Å². The second-order valence-electron chi connectivity index (χ2n) is 7.37. The summed E-state index contributed by atoms with van der Waals surface area (Å²) in [6.45, 7) is 8.63. The number of hydrogen-bond acceptors (Lipinski definition) is 3. The number of nitrogens with one attached hydrogen (secondary N) is 1. The van der Waals surface area contributed by atoms with E-state index in [2.05, 4.69) is 48.1 Å². The molecule has 0 radical (unpaired) electrons. The lowest BCUT2D eigenvalue weighted by molar-refractivity contribution is 0.102. The Morgan fingerprint density at radius 3 is 2.38 bits per heavy atom. The minimum absolute atomic E-state index is 0.105. The summed E-state index contributed by atoms with van der Waals surface area (Å²) in [6.07, 6.45) is 4.14. The number of carbonyl (C=O) groups excluding carboxylic acids is 1. The molecule has 3 rings (SSSR count). The summed E-state index contributed by atoms with van der Waals surface area (Å²) < 4.78 is 0. The summed E-state index contributed by atoms with van der Waals surface area (Å²) in [4.78, 5) is 19.0. The molecule has 1 saturated heterocycles. The van der Waals surface area contributed by atoms with Crippen LogP contribution in [0.25, 0.3) is 0 Å². The van der Waals surface area contributed by atoms with Crippen molar-refractivity contribution in [1.82, 2.24) is 4.98 Å². The van der Waals surface area contributed by atoms with Gasteiger partial charge in [0.25, 0.3) is 5.91 Å². The van der Waals surface area contributed by atoms with Crippen LogP contribution in [-0.4, -0.2) is 24.0 Å². The van der Waals surface area contributed by atoms with Gasteiger partial charge in [-0.05, 0) is 48.1 Å². The number of pyridine rings is 1. The van der Waals surface area contributed by atoms with Crippen LogP contribution in [0.1, 0.15) is 49.7 Å². The minimum atomic E-state index is -0.167. The molecule has 4 nitrogen and oxygen atoms in total. The van der Waals surface area contributed by atoms with Crippen LogP contribution < -0.4 is 10.2 Å². The van der Waals surface area contributed by atoms with E-state index in [0.29, 0.717) is 5.69 Å². The molecule has 1 aromatic carbocycles. The van der Waals surface area contributed by atoms with Crippen molar-refractivity contribution in [2.24, 2.45) is 0 Å². The lowest BCUT2D eigenvalue weighted by atomic mass is 9.87. The number of amides is 1. The van der Waals surface area contributed by atoms with Crippen molar-refractivity contribution in [2.45, 2.75) is 39.0 Å². The largest absolute Gasteiger partial charge is 0.371 e. The molecule has 0 spiro atoms. The molecule has 2 aromatic rings. The minimum Gasteiger partial charge on any atom is -0.371 e. The lowest BCUT2D eigenvalue weighted by Gasteiger charge is -2.19. The number of nitrogens with zero attached hydrogens (tertiary/aromatic N) is 2. The predicted octanol–water partition coefficient (Wildman–Crippen LogP) is 4.23. The van der Waals surface area contributed by atoms with Crippen LogP contribution in [0.15, 0.2) is 42.6 Å². The summed E-state index contributed by atoms with van der Waals surface area (Å²) in [5.74, 6) is -0.167. The van der Waals surface area contributed by atoms with Crippen molar-refractivity contribution in [3.8, 4) is 0 Å². The summed E-state index contributed by atoms with van der Waals surface area (Å²) >= 11 is 0. The molecule has 0 unspecified atom stereocenters. The molecule has 4 heteroatoms. The monoisotopic (exact) mass is 323 g/mol. The maximum atomic E-state index is 12.5. The topological polar surface area (TPSA) is 45.2 Å². The first-order valence-electron chi connectivity index (χ1n) is 8.56. The predicted molar refractivity (Wildman–Crippen MR) is 98.8 cm³/mol. The highest BCUT2D eigenvalue weighted by atomic mass is 16.1. The zero-order valence-electron chi connectivity index (χ0n) is 14.7. The van der Waals surface area contributed by atoms with Crippen LogP contribution in [0.2, 0.25) is 0 Å². The Balaban J connectivity index is 1.71. The fourth-order valence-corrected chi connectivity index (χ4v) is 2.96. The van der Waals surface area contributed by atoms with Gasteiger partial charge < -0.3 is 10.2 Å². The Kier molecular flexibility index (Phi) is 4.56. The molecule has 0 atom stereocenters. The van der Waals surface area contributed by atoms with Crippen LogP contribution in [0.4, 0.5) is 11.4 Å². The lowest BCUT2D eigenvalue weighted by Crippen LogP contribution is -2.19. The van der Waals surface area contributed by atoms with Gasteiger partial charge in [0.05, 0.1) is 0 Å². The van der Waals surface area contributed by atoms with Gasteiger partial charge in [-0.3, -0.25) is 9.78 Å². The van der Waals surface area contributed by atoms with Gasteiger partial charge >= 0.3 is 0 Å². The Morgan fingerprint density at radius 1 is 1.08 bits per heavy atom. The van der Waals surface area contributed by atoms with Gasteiger partial charge in [-0.15, -0.1) is 0 Å². The molecule has 0 bridgehead atoms. The SMILES string of the molecule is CC(C)(C)c1ccc(NC(=O)c2cc(N3CCCC3)ccn2)cc1. The van der Waals surface area contributed by atoms with Crippen molar-refractivity contribution in [2.75, 3.05) is 23.3 Å². The third-order valence-corrected chi connectivity index (χ3v) is 4.46. The smallest absolute Gasteiger partial charge is 0.274 e. The van der Waals surface area contributed by atoms with Crippen LogP contribution >= 0.6 is 0 Å². The summed E-state index contributed by atoms with van der Waals surface area (Å²) in [6, 6.07) is 11.9. The first-order chi connectivity index (χ1) is 11.4. The van der Waals surface area contributed by atoms with E-state index in [9.17, 15) is 4.79 Å². The number of anilines is 2. The molecule has 24 heavy (non-hydrogen) atoms. The third kappa shape index (κ3) is 3.75. The van der Waals surface area contributed by atoms with Gasteiger partial charge in [0.2, 0.25) is 0 Å². The zero-order valence-corrected chi connectivity index (χ0v) is 14.7. The van der Waals surface area contributed by atoms with Crippen molar-refractivity contribution in [1.29, 1.82) is 0 Å². The third-order valence-electron chi connectivity index (χ3n) is 4.46. The van der Waals surface area contributed by atoms with Crippen molar-refractivity contribution < 1.29 is 4.79 Å². The number of hydrogen-bond donors (Lipinski definition) is 1. The summed E-state index contributed by atoms with van der Waals surface area (Å²) in [5, 5.41) is 2.93. The molecular weight excluding hydrogens is 298 g/mol. The number of rotatable bonds is 3. The average Bonchev–Trinajstić information content (AvgIpc) is 3.09. The molecule has 1 aromatic heterocycles. The summed E-state index contributed by atoms with van der Waals surface area (Å²) in [7, 11) is 0. The maximum absolute atomic E-state index is 12.5. The van der Waals surface area contributed by atoms with Crippen LogP contribution in [0, 0.1) is 0 Å². The number of aromatic nitrogens is 1. The zero-order chi connectivity index (χ0) is 17.2. The molecule has 1 fully saturated rings. The average molecular weight is 323 g/mol. The van der Waals surface area contributed by atoms with Gasteiger partial charge in [-0.2, -0.15) is 0 Å². The highest BCUT2D eigenvalue weighted by Crippen LogP contribution is 2.24. The molecule has 1 aliphatic rings. The molecule has 126 valence electrons. The van der Waals surface area contributed by atoms with Gasteiger partial charge in [0, 0.05) is 30.7 Å². The van der Waals surface area contributed by atoms with Crippen molar-refractivity contribution in [3.05, 3.63) is 53.9 Å². The second kappa shape index (κ2) is 6.63. The van der Waals surface area contributed by atoms with E-state index in [4.69, 9.17) is 0 Å². The molecule has 0 saturated carbocycles. The van der Waals surface area contributed by atoms with E-state index in [1.54, 1.807) is 6.20 Å². The van der Waals surface area contributed by atoms with Gasteiger partial charge in [-0.1, -0.05) is 32.9 Å². The molecule has 1 amide bonds. The highest BCUT2D eigenvalue weighted by Gasteiger charge is 2.16. The molecule has 1 N–H and O–H groups in total.